The van der Waals surface area contributed by atoms with Crippen LogP contribution >= 0.6 is 0 Å². The molecule has 0 saturated carbocycles. The molecule has 2 N–H and O–H groups in total. The molecule has 0 bridgehead atoms. The van der Waals surface area contributed by atoms with Gasteiger partial charge < -0.3 is 24.8 Å². The second-order valence-corrected chi connectivity index (χ2v) is 5.08. The summed E-state index contributed by atoms with van der Waals surface area (Å²) in [5, 5.41) is 9.01. The summed E-state index contributed by atoms with van der Waals surface area (Å²) in [5.41, 5.74) is 0.650. The maximum atomic E-state index is 12.4. The SMILES string of the molecule is COCCN(CC(=O)Nc1cc(C)on1)C(=O)Nc1ccccc1. The monoisotopic (exact) mass is 332 g/mol. The number of amides is 3. The van der Waals surface area contributed by atoms with E-state index in [-0.39, 0.29) is 25.0 Å². The highest BCUT2D eigenvalue weighted by atomic mass is 16.5. The molecule has 0 aliphatic carbocycles. The van der Waals surface area contributed by atoms with Gasteiger partial charge in [0, 0.05) is 25.4 Å². The Morgan fingerprint density at radius 2 is 2.00 bits per heavy atom. The molecular weight excluding hydrogens is 312 g/mol. The number of anilines is 2. The first-order valence-corrected chi connectivity index (χ1v) is 7.41. The van der Waals surface area contributed by atoms with Crippen LogP contribution in [-0.4, -0.2) is 48.8 Å². The van der Waals surface area contributed by atoms with Gasteiger partial charge in [-0.15, -0.1) is 0 Å². The Bertz CT molecular complexity index is 672. The second kappa shape index (κ2) is 8.68. The first-order chi connectivity index (χ1) is 11.6. The first kappa shape index (κ1) is 17.5. The van der Waals surface area contributed by atoms with Crippen molar-refractivity contribution in [2.45, 2.75) is 6.92 Å². The largest absolute Gasteiger partial charge is 0.383 e. The highest BCUT2D eigenvalue weighted by Gasteiger charge is 2.18. The van der Waals surface area contributed by atoms with Crippen molar-refractivity contribution in [2.75, 3.05) is 37.4 Å². The van der Waals surface area contributed by atoms with E-state index >= 15 is 0 Å². The van der Waals surface area contributed by atoms with E-state index in [1.807, 2.05) is 18.2 Å². The topological polar surface area (TPSA) is 96.7 Å². The molecule has 1 aromatic carbocycles. The second-order valence-electron chi connectivity index (χ2n) is 5.08. The molecule has 24 heavy (non-hydrogen) atoms. The van der Waals surface area contributed by atoms with E-state index in [1.165, 1.54) is 12.0 Å². The smallest absolute Gasteiger partial charge is 0.322 e. The Balaban J connectivity index is 1.96. The number of urea groups is 1. The molecule has 0 saturated heterocycles. The lowest BCUT2D eigenvalue weighted by atomic mass is 10.3. The molecule has 128 valence electrons. The minimum Gasteiger partial charge on any atom is -0.383 e. The van der Waals surface area contributed by atoms with Crippen LogP contribution in [0.3, 0.4) is 0 Å². The first-order valence-electron chi connectivity index (χ1n) is 7.41. The summed E-state index contributed by atoms with van der Waals surface area (Å²) in [6.07, 6.45) is 0. The van der Waals surface area contributed by atoms with E-state index in [4.69, 9.17) is 9.26 Å². The van der Waals surface area contributed by atoms with Gasteiger partial charge in [0.1, 0.15) is 12.3 Å². The number of carbonyl (C=O) groups excluding carboxylic acids is 2. The van der Waals surface area contributed by atoms with Crippen molar-refractivity contribution >= 4 is 23.4 Å². The lowest BCUT2D eigenvalue weighted by Crippen LogP contribution is -2.42. The highest BCUT2D eigenvalue weighted by Crippen LogP contribution is 2.09. The van der Waals surface area contributed by atoms with Crippen LogP contribution in [0.5, 0.6) is 0 Å². The van der Waals surface area contributed by atoms with Crippen LogP contribution < -0.4 is 10.6 Å². The van der Waals surface area contributed by atoms with Gasteiger partial charge in [0.15, 0.2) is 5.82 Å². The van der Waals surface area contributed by atoms with Gasteiger partial charge in [-0.3, -0.25) is 4.79 Å². The zero-order valence-corrected chi connectivity index (χ0v) is 13.6. The molecule has 8 heteroatoms. The van der Waals surface area contributed by atoms with E-state index in [0.717, 1.165) is 0 Å². The van der Waals surface area contributed by atoms with E-state index < -0.39 is 0 Å². The summed E-state index contributed by atoms with van der Waals surface area (Å²) in [6, 6.07) is 10.2. The van der Waals surface area contributed by atoms with Gasteiger partial charge >= 0.3 is 6.03 Å². The molecule has 1 aromatic heterocycles. The molecule has 1 heterocycles. The molecule has 2 rings (SSSR count). The number of hydrogen-bond acceptors (Lipinski definition) is 5. The van der Waals surface area contributed by atoms with Gasteiger partial charge in [0.05, 0.1) is 6.61 Å². The third kappa shape index (κ3) is 5.40. The summed E-state index contributed by atoms with van der Waals surface area (Å²) in [5.74, 6) is 0.527. The maximum Gasteiger partial charge on any atom is 0.322 e. The van der Waals surface area contributed by atoms with Crippen molar-refractivity contribution < 1.29 is 18.8 Å². The number of methoxy groups -OCH3 is 1. The summed E-state index contributed by atoms with van der Waals surface area (Å²) >= 11 is 0. The molecular formula is C16H20N4O4. The van der Waals surface area contributed by atoms with Crippen molar-refractivity contribution in [3.63, 3.8) is 0 Å². The minimum absolute atomic E-state index is 0.131. The Morgan fingerprint density at radius 3 is 2.62 bits per heavy atom. The quantitative estimate of drug-likeness (QED) is 0.809. The fraction of sp³-hybridized carbons (Fsp3) is 0.312. The van der Waals surface area contributed by atoms with E-state index in [0.29, 0.717) is 23.9 Å². The Hall–Kier alpha value is -2.87. The molecule has 0 radical (unpaired) electrons. The lowest BCUT2D eigenvalue weighted by Gasteiger charge is -2.22. The van der Waals surface area contributed by atoms with E-state index in [2.05, 4.69) is 15.8 Å². The third-order valence-electron chi connectivity index (χ3n) is 3.11. The van der Waals surface area contributed by atoms with Crippen molar-refractivity contribution in [3.05, 3.63) is 42.2 Å². The summed E-state index contributed by atoms with van der Waals surface area (Å²) in [4.78, 5) is 25.8. The van der Waals surface area contributed by atoms with Crippen LogP contribution in [0.25, 0.3) is 0 Å². The van der Waals surface area contributed by atoms with Crippen LogP contribution in [-0.2, 0) is 9.53 Å². The fourth-order valence-electron chi connectivity index (χ4n) is 1.96. The van der Waals surface area contributed by atoms with E-state index in [9.17, 15) is 9.59 Å². The predicted molar refractivity (Wildman–Crippen MR) is 88.8 cm³/mol. The summed E-state index contributed by atoms with van der Waals surface area (Å²) < 4.78 is 9.88. The van der Waals surface area contributed by atoms with Crippen molar-refractivity contribution in [3.8, 4) is 0 Å². The van der Waals surface area contributed by atoms with Gasteiger partial charge in [-0.1, -0.05) is 23.4 Å². The average molecular weight is 332 g/mol. The summed E-state index contributed by atoms with van der Waals surface area (Å²) in [7, 11) is 1.53. The normalized spacial score (nSPS) is 10.2. The number of carbonyl (C=O) groups is 2. The molecule has 0 fully saturated rings. The van der Waals surface area contributed by atoms with Gasteiger partial charge in [-0.05, 0) is 19.1 Å². The fourth-order valence-corrected chi connectivity index (χ4v) is 1.96. The molecule has 8 nitrogen and oxygen atoms in total. The van der Waals surface area contributed by atoms with Crippen molar-refractivity contribution in [2.24, 2.45) is 0 Å². The molecule has 0 atom stereocenters. The number of para-hydroxylation sites is 1. The third-order valence-corrected chi connectivity index (χ3v) is 3.11. The molecule has 2 aromatic rings. The van der Waals surface area contributed by atoms with Crippen LogP contribution in [0.15, 0.2) is 40.9 Å². The number of nitrogens with zero attached hydrogens (tertiary/aromatic N) is 2. The van der Waals surface area contributed by atoms with Crippen LogP contribution in [0.4, 0.5) is 16.3 Å². The Labute approximate surface area is 139 Å². The number of aryl methyl sites for hydroxylation is 1. The zero-order valence-electron chi connectivity index (χ0n) is 13.6. The van der Waals surface area contributed by atoms with Crippen LogP contribution in [0, 0.1) is 6.92 Å². The molecule has 0 aliphatic heterocycles. The average Bonchev–Trinajstić information content (AvgIpc) is 2.97. The lowest BCUT2D eigenvalue weighted by molar-refractivity contribution is -0.116. The highest BCUT2D eigenvalue weighted by molar-refractivity contribution is 5.96. The number of hydrogen-bond donors (Lipinski definition) is 2. The van der Waals surface area contributed by atoms with Gasteiger partial charge in [-0.2, -0.15) is 0 Å². The maximum absolute atomic E-state index is 12.4. The van der Waals surface area contributed by atoms with Gasteiger partial charge in [0.2, 0.25) is 5.91 Å². The number of ether oxygens (including phenoxy) is 1. The van der Waals surface area contributed by atoms with Crippen molar-refractivity contribution in [1.29, 1.82) is 0 Å². The standard InChI is InChI=1S/C16H20N4O4/c1-12-10-14(19-24-12)18-15(21)11-20(8-9-23-2)16(22)17-13-6-4-3-5-7-13/h3-7,10H,8-9,11H2,1-2H3,(H,17,22)(H,18,19,21). The number of nitrogens with one attached hydrogen (secondary N) is 2. The van der Waals surface area contributed by atoms with Gasteiger partial charge in [0.25, 0.3) is 0 Å². The Morgan fingerprint density at radius 1 is 1.25 bits per heavy atom. The van der Waals surface area contributed by atoms with Gasteiger partial charge in [-0.25, -0.2) is 4.79 Å². The predicted octanol–water partition coefficient (Wildman–Crippen LogP) is 2.10. The minimum atomic E-state index is -0.385. The van der Waals surface area contributed by atoms with Crippen molar-refractivity contribution in [1.82, 2.24) is 10.1 Å². The number of benzene rings is 1. The van der Waals surface area contributed by atoms with Crippen LogP contribution in [0.1, 0.15) is 5.76 Å². The molecule has 0 spiro atoms. The van der Waals surface area contributed by atoms with E-state index in [1.54, 1.807) is 25.1 Å². The number of aromatic nitrogens is 1. The molecule has 0 aliphatic rings. The molecule has 3 amide bonds. The molecule has 0 unspecified atom stereocenters. The van der Waals surface area contributed by atoms with Crippen LogP contribution in [0.2, 0.25) is 0 Å². The summed E-state index contributed by atoms with van der Waals surface area (Å²) in [6.45, 7) is 2.19. The zero-order chi connectivity index (χ0) is 17.4. The number of rotatable bonds is 7. The Kier molecular flexibility index (Phi) is 6.32.